The molecular formula is C17H23FN4S. The van der Waals surface area contributed by atoms with Crippen molar-refractivity contribution in [1.82, 2.24) is 19.7 Å². The van der Waals surface area contributed by atoms with Gasteiger partial charge >= 0.3 is 0 Å². The summed E-state index contributed by atoms with van der Waals surface area (Å²) >= 11 is 1.57. The number of halogens is 1. The highest BCUT2D eigenvalue weighted by atomic mass is 32.2. The van der Waals surface area contributed by atoms with Crippen LogP contribution in [0.4, 0.5) is 4.39 Å². The molecule has 2 aromatic rings. The van der Waals surface area contributed by atoms with E-state index in [4.69, 9.17) is 0 Å². The monoisotopic (exact) mass is 334 g/mol. The van der Waals surface area contributed by atoms with Crippen LogP contribution in [0.5, 0.6) is 0 Å². The number of allylic oxidation sites excluding steroid dienone is 1. The van der Waals surface area contributed by atoms with Crippen molar-refractivity contribution in [3.8, 4) is 0 Å². The summed E-state index contributed by atoms with van der Waals surface area (Å²) in [7, 11) is 2.08. The third kappa shape index (κ3) is 5.18. The first-order valence-electron chi connectivity index (χ1n) is 7.72. The van der Waals surface area contributed by atoms with Gasteiger partial charge in [0.25, 0.3) is 0 Å². The van der Waals surface area contributed by atoms with Crippen molar-refractivity contribution in [1.29, 1.82) is 0 Å². The van der Waals surface area contributed by atoms with E-state index in [0.717, 1.165) is 36.1 Å². The minimum atomic E-state index is -0.211. The second kappa shape index (κ2) is 8.84. The molecule has 0 saturated heterocycles. The molecule has 4 nitrogen and oxygen atoms in total. The van der Waals surface area contributed by atoms with E-state index in [1.807, 2.05) is 12.1 Å². The molecule has 0 bridgehead atoms. The molecule has 2 rings (SSSR count). The summed E-state index contributed by atoms with van der Waals surface area (Å²) in [6.45, 7) is 8.43. The van der Waals surface area contributed by atoms with Crippen LogP contribution < -0.4 is 0 Å². The number of hydrogen-bond donors (Lipinski definition) is 0. The van der Waals surface area contributed by atoms with E-state index in [1.165, 1.54) is 6.07 Å². The average Bonchev–Trinajstić information content (AvgIpc) is 2.88. The predicted octanol–water partition coefficient (Wildman–Crippen LogP) is 3.74. The maximum absolute atomic E-state index is 13.3. The molecule has 0 atom stereocenters. The second-order valence-electron chi connectivity index (χ2n) is 5.45. The van der Waals surface area contributed by atoms with Crippen molar-refractivity contribution in [2.45, 2.75) is 37.3 Å². The number of benzene rings is 1. The van der Waals surface area contributed by atoms with Crippen LogP contribution in [0.3, 0.4) is 0 Å². The molecule has 1 aromatic carbocycles. The van der Waals surface area contributed by atoms with E-state index in [-0.39, 0.29) is 5.82 Å². The zero-order chi connectivity index (χ0) is 16.7. The Morgan fingerprint density at radius 3 is 2.91 bits per heavy atom. The zero-order valence-electron chi connectivity index (χ0n) is 13.7. The van der Waals surface area contributed by atoms with Crippen LogP contribution in [-0.4, -0.2) is 33.3 Å². The third-order valence-electron chi connectivity index (χ3n) is 3.38. The van der Waals surface area contributed by atoms with Gasteiger partial charge in [-0.3, -0.25) is 4.90 Å². The Kier molecular flexibility index (Phi) is 6.80. The average molecular weight is 334 g/mol. The molecule has 23 heavy (non-hydrogen) atoms. The maximum Gasteiger partial charge on any atom is 0.191 e. The Morgan fingerprint density at radius 1 is 1.39 bits per heavy atom. The lowest BCUT2D eigenvalue weighted by atomic mass is 10.2. The van der Waals surface area contributed by atoms with Crippen LogP contribution in [0.25, 0.3) is 0 Å². The molecule has 0 aliphatic carbocycles. The normalized spacial score (nSPS) is 11.1. The van der Waals surface area contributed by atoms with Crippen molar-refractivity contribution in [3.05, 3.63) is 54.1 Å². The van der Waals surface area contributed by atoms with Crippen molar-refractivity contribution < 1.29 is 4.39 Å². The maximum atomic E-state index is 13.3. The number of hydrogen-bond acceptors (Lipinski definition) is 4. The SMILES string of the molecule is C=CCn1c(CN(C)CCC)nnc1SCc1cccc(F)c1. The molecule has 124 valence electrons. The van der Waals surface area contributed by atoms with Gasteiger partial charge in [-0.2, -0.15) is 0 Å². The van der Waals surface area contributed by atoms with Crippen molar-refractivity contribution in [2.75, 3.05) is 13.6 Å². The highest BCUT2D eigenvalue weighted by Crippen LogP contribution is 2.22. The summed E-state index contributed by atoms with van der Waals surface area (Å²) < 4.78 is 15.3. The molecule has 1 aromatic heterocycles. The first-order chi connectivity index (χ1) is 11.1. The summed E-state index contributed by atoms with van der Waals surface area (Å²) in [4.78, 5) is 2.23. The van der Waals surface area contributed by atoms with Crippen molar-refractivity contribution in [2.24, 2.45) is 0 Å². The van der Waals surface area contributed by atoms with Crippen LogP contribution in [-0.2, 0) is 18.8 Å². The molecule has 0 saturated carbocycles. The first-order valence-corrected chi connectivity index (χ1v) is 8.71. The molecule has 6 heteroatoms. The van der Waals surface area contributed by atoms with Gasteiger partial charge in [-0.1, -0.05) is 36.9 Å². The molecule has 0 fully saturated rings. The van der Waals surface area contributed by atoms with Gasteiger partial charge < -0.3 is 4.57 Å². The lowest BCUT2D eigenvalue weighted by molar-refractivity contribution is 0.313. The van der Waals surface area contributed by atoms with Crippen LogP contribution >= 0.6 is 11.8 Å². The fraction of sp³-hybridized carbons (Fsp3) is 0.412. The van der Waals surface area contributed by atoms with Crippen molar-refractivity contribution in [3.63, 3.8) is 0 Å². The lowest BCUT2D eigenvalue weighted by Crippen LogP contribution is -2.21. The number of nitrogens with zero attached hydrogens (tertiary/aromatic N) is 4. The van der Waals surface area contributed by atoms with Crippen LogP contribution in [0.15, 0.2) is 42.1 Å². The van der Waals surface area contributed by atoms with Gasteiger partial charge in [-0.05, 0) is 37.7 Å². The highest BCUT2D eigenvalue weighted by molar-refractivity contribution is 7.98. The Hall–Kier alpha value is -1.66. The van der Waals surface area contributed by atoms with Gasteiger partial charge in [-0.25, -0.2) is 4.39 Å². The minimum absolute atomic E-state index is 0.211. The van der Waals surface area contributed by atoms with E-state index in [9.17, 15) is 4.39 Å². The van der Waals surface area contributed by atoms with Gasteiger partial charge in [0.15, 0.2) is 5.16 Å². The van der Waals surface area contributed by atoms with Gasteiger partial charge in [0.05, 0.1) is 6.54 Å². The van der Waals surface area contributed by atoms with E-state index in [1.54, 1.807) is 23.9 Å². The zero-order valence-corrected chi connectivity index (χ0v) is 14.5. The molecule has 0 spiro atoms. The van der Waals surface area contributed by atoms with Gasteiger partial charge in [0.2, 0.25) is 0 Å². The lowest BCUT2D eigenvalue weighted by Gasteiger charge is -2.15. The molecule has 0 amide bonds. The van der Waals surface area contributed by atoms with Crippen LogP contribution in [0, 0.1) is 5.82 Å². The van der Waals surface area contributed by atoms with Crippen molar-refractivity contribution >= 4 is 11.8 Å². The minimum Gasteiger partial charge on any atom is -0.301 e. The van der Waals surface area contributed by atoms with Gasteiger partial charge in [0.1, 0.15) is 11.6 Å². The fourth-order valence-electron chi connectivity index (χ4n) is 2.33. The third-order valence-corrected chi connectivity index (χ3v) is 4.42. The van der Waals surface area contributed by atoms with Crippen LogP contribution in [0.2, 0.25) is 0 Å². The molecule has 0 aliphatic heterocycles. The standard InChI is InChI=1S/C17H23FN4S/c1-4-9-21(3)12-16-19-20-17(22(16)10-5-2)23-13-14-7-6-8-15(18)11-14/h5-8,11H,2,4,9-10,12-13H2,1,3H3. The Bertz CT molecular complexity index is 641. The number of thioether (sulfide) groups is 1. The summed E-state index contributed by atoms with van der Waals surface area (Å²) in [5, 5.41) is 9.45. The van der Waals surface area contributed by atoms with E-state index < -0.39 is 0 Å². The van der Waals surface area contributed by atoms with E-state index in [0.29, 0.717) is 12.3 Å². The molecule has 0 N–H and O–H groups in total. The summed E-state index contributed by atoms with van der Waals surface area (Å²) in [6, 6.07) is 6.65. The molecule has 1 heterocycles. The van der Waals surface area contributed by atoms with E-state index in [2.05, 4.69) is 40.2 Å². The smallest absolute Gasteiger partial charge is 0.191 e. The molecule has 0 radical (unpaired) electrons. The predicted molar refractivity (Wildman–Crippen MR) is 92.8 cm³/mol. The van der Waals surface area contributed by atoms with E-state index >= 15 is 0 Å². The molecule has 0 unspecified atom stereocenters. The quantitative estimate of drug-likeness (QED) is 0.517. The Morgan fingerprint density at radius 2 is 2.22 bits per heavy atom. The summed E-state index contributed by atoms with van der Waals surface area (Å²) in [5.41, 5.74) is 0.938. The summed E-state index contributed by atoms with van der Waals surface area (Å²) in [5.74, 6) is 1.39. The molecular weight excluding hydrogens is 311 g/mol. The highest BCUT2D eigenvalue weighted by Gasteiger charge is 2.13. The second-order valence-corrected chi connectivity index (χ2v) is 6.40. The van der Waals surface area contributed by atoms with Gasteiger partial charge in [-0.15, -0.1) is 16.8 Å². The summed E-state index contributed by atoms with van der Waals surface area (Å²) in [6.07, 6.45) is 2.95. The largest absolute Gasteiger partial charge is 0.301 e. The fourth-order valence-corrected chi connectivity index (χ4v) is 3.24. The Labute approximate surface area is 141 Å². The Balaban J connectivity index is 2.08. The number of rotatable bonds is 9. The molecule has 0 aliphatic rings. The van der Waals surface area contributed by atoms with Crippen LogP contribution in [0.1, 0.15) is 24.7 Å². The topological polar surface area (TPSA) is 34.0 Å². The number of aromatic nitrogens is 3. The first kappa shape index (κ1) is 17.7. The van der Waals surface area contributed by atoms with Gasteiger partial charge in [0, 0.05) is 12.3 Å².